The molecule has 22 heavy (non-hydrogen) atoms. The highest BCUT2D eigenvalue weighted by Gasteiger charge is 2.25. The lowest BCUT2D eigenvalue weighted by molar-refractivity contribution is 0.317. The molecule has 3 heterocycles. The van der Waals surface area contributed by atoms with Crippen molar-refractivity contribution in [2.75, 3.05) is 6.61 Å². The summed E-state index contributed by atoms with van der Waals surface area (Å²) in [4.78, 5) is 7.11. The fourth-order valence-corrected chi connectivity index (χ4v) is 11.5. The van der Waals surface area contributed by atoms with E-state index in [9.17, 15) is 0 Å². The van der Waals surface area contributed by atoms with Gasteiger partial charge in [-0.3, -0.25) is 9.38 Å². The van der Waals surface area contributed by atoms with Crippen molar-refractivity contribution in [3.63, 3.8) is 0 Å². The minimum absolute atomic E-state index is 0.657. The van der Waals surface area contributed by atoms with Crippen LogP contribution in [0.25, 0.3) is 16.6 Å². The zero-order chi connectivity index (χ0) is 15.1. The number of ether oxygens (including phenoxy) is 1. The van der Waals surface area contributed by atoms with Crippen molar-refractivity contribution in [2.24, 2.45) is 0 Å². The lowest BCUT2D eigenvalue weighted by Gasteiger charge is -2.09. The number of aryl methyl sites for hydroxylation is 1. The first-order valence-corrected chi connectivity index (χ1v) is 12.9. The summed E-state index contributed by atoms with van der Waals surface area (Å²) in [6, 6.07) is 6.36. The maximum atomic E-state index is 6.03. The first kappa shape index (κ1) is 15.3. The summed E-state index contributed by atoms with van der Waals surface area (Å²) >= 11 is 0. The van der Waals surface area contributed by atoms with Gasteiger partial charge in [0.2, 0.25) is 5.88 Å². The number of rotatable bonds is 2. The van der Waals surface area contributed by atoms with E-state index < -0.39 is 0 Å². The Kier molecular flexibility index (Phi) is 4.38. The lowest BCUT2D eigenvalue weighted by Crippen LogP contribution is -1.98. The monoisotopic (exact) mass is 384 g/mol. The molecule has 0 N–H and O–H groups in total. The minimum atomic E-state index is 0.657. The quantitative estimate of drug-likeness (QED) is 0.482. The third-order valence-electron chi connectivity index (χ3n) is 3.35. The van der Waals surface area contributed by atoms with Gasteiger partial charge in [0.1, 0.15) is 0 Å². The van der Waals surface area contributed by atoms with Crippen LogP contribution in [0.3, 0.4) is 0 Å². The van der Waals surface area contributed by atoms with Gasteiger partial charge in [-0.2, -0.15) is 0 Å². The van der Waals surface area contributed by atoms with E-state index in [0.29, 0.717) is 6.61 Å². The van der Waals surface area contributed by atoms with Crippen LogP contribution >= 0.6 is 51.1 Å². The van der Waals surface area contributed by atoms with E-state index in [2.05, 4.69) is 34.5 Å². The second-order valence-corrected chi connectivity index (χ2v) is 12.2. The third-order valence-corrected chi connectivity index (χ3v) is 11.8. The first-order valence-electron chi connectivity index (χ1n) is 6.70. The van der Waals surface area contributed by atoms with Crippen LogP contribution in [-0.2, 0) is 0 Å². The van der Waals surface area contributed by atoms with Crippen LogP contribution in [0.5, 0.6) is 5.88 Å². The third kappa shape index (κ3) is 2.49. The molecule has 4 rings (SSSR count). The van der Waals surface area contributed by atoms with Crippen molar-refractivity contribution in [3.8, 4) is 5.88 Å². The number of hydrogen-bond acceptors (Lipinski definition) is 7. The van der Waals surface area contributed by atoms with E-state index in [1.54, 1.807) is 51.1 Å². The molecule has 0 atom stereocenters. The first-order chi connectivity index (χ1) is 10.8. The van der Waals surface area contributed by atoms with Gasteiger partial charge in [-0.1, -0.05) is 6.07 Å². The van der Waals surface area contributed by atoms with E-state index in [1.807, 2.05) is 13.1 Å². The molecule has 3 nitrogen and oxygen atoms in total. The van der Waals surface area contributed by atoms with E-state index in [-0.39, 0.29) is 0 Å². The van der Waals surface area contributed by atoms with E-state index in [0.717, 1.165) is 22.4 Å². The number of aromatic nitrogens is 2. The summed E-state index contributed by atoms with van der Waals surface area (Å²) in [6.45, 7) is 4.80. The largest absolute Gasteiger partial charge is 0.478 e. The molecule has 0 aliphatic carbocycles. The van der Waals surface area contributed by atoms with Gasteiger partial charge in [0.15, 0.2) is 0 Å². The Balaban J connectivity index is 2.12. The fourth-order valence-electron chi connectivity index (χ4n) is 2.46. The van der Waals surface area contributed by atoms with Gasteiger partial charge >= 0.3 is 0 Å². The molecule has 0 fully saturated rings. The molecule has 0 amide bonds. The normalized spacial score (nSPS) is 15.0. The van der Waals surface area contributed by atoms with Gasteiger partial charge < -0.3 is 4.74 Å². The Labute approximate surface area is 147 Å². The summed E-state index contributed by atoms with van der Waals surface area (Å²) in [6.07, 6.45) is 1.97. The molecule has 114 valence electrons. The Morgan fingerprint density at radius 3 is 2.73 bits per heavy atom. The molecule has 0 unspecified atom stereocenters. The number of nitrogens with zero attached hydrogens (tertiary/aromatic N) is 2. The molecule has 1 aromatic carbocycles. The smallest absolute Gasteiger partial charge is 0.215 e. The van der Waals surface area contributed by atoms with Crippen LogP contribution < -0.4 is 4.74 Å². The van der Waals surface area contributed by atoms with E-state index >= 15 is 0 Å². The average Bonchev–Trinajstić information content (AvgIpc) is 2.68. The van der Waals surface area contributed by atoms with Crippen LogP contribution in [0, 0.1) is 6.92 Å². The standard InChI is InChI=1S/C14H12N2OS5/c1-3-17-14-13-12(18-20-22-21-19-13)11-7-15-9-5-4-8(2)6-10(9)16(11)14/h4-7H,3H2,1-2H3. The zero-order valence-electron chi connectivity index (χ0n) is 11.9. The van der Waals surface area contributed by atoms with Crippen LogP contribution in [0.2, 0.25) is 0 Å². The van der Waals surface area contributed by atoms with Crippen molar-refractivity contribution < 1.29 is 4.74 Å². The molecule has 8 heteroatoms. The van der Waals surface area contributed by atoms with Gasteiger partial charge in [-0.25, -0.2) is 0 Å². The highest BCUT2D eigenvalue weighted by Crippen LogP contribution is 2.62. The molecule has 0 bridgehead atoms. The van der Waals surface area contributed by atoms with Crippen LogP contribution in [-0.4, -0.2) is 16.0 Å². The van der Waals surface area contributed by atoms with E-state index in [4.69, 9.17) is 4.74 Å². The van der Waals surface area contributed by atoms with Crippen molar-refractivity contribution in [3.05, 3.63) is 30.0 Å². The predicted octanol–water partition coefficient (Wildman–Crippen LogP) is 6.25. The Hall–Kier alpha value is -0.280. The maximum absolute atomic E-state index is 6.03. The summed E-state index contributed by atoms with van der Waals surface area (Å²) in [5.74, 6) is 0.943. The van der Waals surface area contributed by atoms with Crippen molar-refractivity contribution in [1.29, 1.82) is 0 Å². The Morgan fingerprint density at radius 2 is 1.91 bits per heavy atom. The van der Waals surface area contributed by atoms with Crippen LogP contribution in [0.1, 0.15) is 12.5 Å². The SMILES string of the molecule is CCOc1c2c(c3cnc4ccc(C)cc4n13)SSSSS2. The highest BCUT2D eigenvalue weighted by atomic mass is 33.8. The van der Waals surface area contributed by atoms with Crippen LogP contribution in [0.4, 0.5) is 0 Å². The van der Waals surface area contributed by atoms with E-state index in [1.165, 1.54) is 15.4 Å². The molecule has 1 aliphatic heterocycles. The average molecular weight is 385 g/mol. The Bertz CT molecular complexity index is 863. The molecule has 1 aliphatic rings. The zero-order valence-corrected chi connectivity index (χ0v) is 15.9. The number of fused-ring (bicyclic) bond motifs is 5. The number of hydrogen-bond donors (Lipinski definition) is 0. The molecule has 3 aromatic rings. The fraction of sp³-hybridized carbons (Fsp3) is 0.214. The van der Waals surface area contributed by atoms with Gasteiger partial charge in [-0.15, -0.1) is 0 Å². The highest BCUT2D eigenvalue weighted by molar-refractivity contribution is 9.36. The molecule has 2 aromatic heterocycles. The molecular weight excluding hydrogens is 373 g/mol. The summed E-state index contributed by atoms with van der Waals surface area (Å²) in [5, 5.41) is 0. The van der Waals surface area contributed by atoms with Gasteiger partial charge in [0.05, 0.1) is 39.1 Å². The molecular formula is C14H12N2OS5. The van der Waals surface area contributed by atoms with Gasteiger partial charge in [0.25, 0.3) is 0 Å². The van der Waals surface area contributed by atoms with Gasteiger partial charge in [0, 0.05) is 0 Å². The van der Waals surface area contributed by atoms with Crippen molar-refractivity contribution in [1.82, 2.24) is 9.38 Å². The minimum Gasteiger partial charge on any atom is -0.478 e. The second-order valence-electron chi connectivity index (χ2n) is 4.74. The summed E-state index contributed by atoms with van der Waals surface area (Å²) in [5.41, 5.74) is 4.46. The Morgan fingerprint density at radius 1 is 1.09 bits per heavy atom. The molecule has 0 radical (unpaired) electrons. The molecule has 0 spiro atoms. The van der Waals surface area contributed by atoms with Crippen LogP contribution in [0.15, 0.2) is 34.2 Å². The predicted molar refractivity (Wildman–Crippen MR) is 103 cm³/mol. The number of benzene rings is 1. The second kappa shape index (κ2) is 6.32. The summed E-state index contributed by atoms with van der Waals surface area (Å²) < 4.78 is 8.25. The maximum Gasteiger partial charge on any atom is 0.215 e. The topological polar surface area (TPSA) is 26.5 Å². The molecule has 0 saturated carbocycles. The molecule has 0 saturated heterocycles. The van der Waals surface area contributed by atoms with Gasteiger partial charge in [-0.05, 0) is 82.6 Å². The summed E-state index contributed by atoms with van der Waals surface area (Å²) in [7, 11) is 8.94. The van der Waals surface area contributed by atoms with Crippen molar-refractivity contribution in [2.45, 2.75) is 23.6 Å². The van der Waals surface area contributed by atoms with Crippen molar-refractivity contribution >= 4 is 67.6 Å². The lowest BCUT2D eigenvalue weighted by atomic mass is 10.2.